The van der Waals surface area contributed by atoms with E-state index in [-0.39, 0.29) is 0 Å². The molecule has 0 amide bonds. The van der Waals surface area contributed by atoms with Crippen LogP contribution in [-0.2, 0) is 0 Å². The SMILES string of the molecule is CCCCCCCCCCCCCOc1ccc(N)cc1. The lowest BCUT2D eigenvalue weighted by Crippen LogP contribution is -1.97. The minimum Gasteiger partial charge on any atom is -0.494 e. The largest absolute Gasteiger partial charge is 0.494 e. The molecular weight excluding hydrogens is 258 g/mol. The van der Waals surface area contributed by atoms with Gasteiger partial charge in [-0.3, -0.25) is 0 Å². The number of unbranched alkanes of at least 4 members (excludes halogenated alkanes) is 10. The maximum absolute atomic E-state index is 5.69. The highest BCUT2D eigenvalue weighted by molar-refractivity contribution is 5.41. The Morgan fingerprint density at radius 3 is 1.71 bits per heavy atom. The molecule has 2 heteroatoms. The summed E-state index contributed by atoms with van der Waals surface area (Å²) >= 11 is 0. The van der Waals surface area contributed by atoms with E-state index in [4.69, 9.17) is 10.5 Å². The van der Waals surface area contributed by atoms with Gasteiger partial charge in [0.1, 0.15) is 5.75 Å². The van der Waals surface area contributed by atoms with E-state index in [0.29, 0.717) is 0 Å². The molecule has 0 fully saturated rings. The van der Waals surface area contributed by atoms with Crippen LogP contribution >= 0.6 is 0 Å². The van der Waals surface area contributed by atoms with Crippen molar-refractivity contribution in [3.8, 4) is 5.75 Å². The van der Waals surface area contributed by atoms with E-state index >= 15 is 0 Å². The first kappa shape index (κ1) is 17.9. The quantitative estimate of drug-likeness (QED) is 0.359. The summed E-state index contributed by atoms with van der Waals surface area (Å²) in [5.74, 6) is 0.927. The number of nitrogen functional groups attached to an aromatic ring is 1. The standard InChI is InChI=1S/C19H33NO/c1-2-3-4-5-6-7-8-9-10-11-12-17-21-19-15-13-18(20)14-16-19/h13-16H,2-12,17,20H2,1H3. The van der Waals surface area contributed by atoms with Gasteiger partial charge in [-0.1, -0.05) is 71.1 Å². The smallest absolute Gasteiger partial charge is 0.119 e. The zero-order chi connectivity index (χ0) is 15.2. The van der Waals surface area contributed by atoms with Crippen molar-refractivity contribution in [2.75, 3.05) is 12.3 Å². The Bertz CT molecular complexity index is 334. The number of nitrogens with two attached hydrogens (primary N) is 1. The third-order valence-electron chi connectivity index (χ3n) is 3.90. The fourth-order valence-electron chi connectivity index (χ4n) is 2.52. The zero-order valence-electron chi connectivity index (χ0n) is 13.8. The molecule has 0 aliphatic rings. The van der Waals surface area contributed by atoms with E-state index in [1.54, 1.807) is 0 Å². The number of benzene rings is 1. The first-order valence-corrected chi connectivity index (χ1v) is 8.81. The number of anilines is 1. The molecule has 1 rings (SSSR count). The van der Waals surface area contributed by atoms with Gasteiger partial charge in [0.2, 0.25) is 0 Å². The zero-order valence-corrected chi connectivity index (χ0v) is 13.8. The maximum atomic E-state index is 5.69. The topological polar surface area (TPSA) is 35.2 Å². The molecule has 0 aliphatic heterocycles. The van der Waals surface area contributed by atoms with Crippen molar-refractivity contribution in [3.05, 3.63) is 24.3 Å². The lowest BCUT2D eigenvalue weighted by Gasteiger charge is -2.06. The van der Waals surface area contributed by atoms with Gasteiger partial charge < -0.3 is 10.5 Å². The fraction of sp³-hybridized carbons (Fsp3) is 0.684. The van der Waals surface area contributed by atoms with Crippen LogP contribution in [0.2, 0.25) is 0 Å². The van der Waals surface area contributed by atoms with E-state index < -0.39 is 0 Å². The van der Waals surface area contributed by atoms with Crippen LogP contribution in [0.15, 0.2) is 24.3 Å². The number of hydrogen-bond donors (Lipinski definition) is 1. The second-order valence-corrected chi connectivity index (χ2v) is 5.95. The molecule has 0 unspecified atom stereocenters. The predicted octanol–water partition coefficient (Wildman–Crippen LogP) is 5.96. The lowest BCUT2D eigenvalue weighted by molar-refractivity contribution is 0.304. The summed E-state index contributed by atoms with van der Waals surface area (Å²) in [7, 11) is 0. The maximum Gasteiger partial charge on any atom is 0.119 e. The van der Waals surface area contributed by atoms with Crippen LogP contribution in [0, 0.1) is 0 Å². The van der Waals surface area contributed by atoms with Crippen LogP contribution < -0.4 is 10.5 Å². The average molecular weight is 291 g/mol. The summed E-state index contributed by atoms with van der Waals surface area (Å²) < 4.78 is 5.69. The second kappa shape index (κ2) is 12.6. The highest BCUT2D eigenvalue weighted by Gasteiger charge is 1.95. The number of hydrogen-bond acceptors (Lipinski definition) is 2. The molecule has 1 aromatic carbocycles. The van der Waals surface area contributed by atoms with Gasteiger partial charge in [-0.25, -0.2) is 0 Å². The summed E-state index contributed by atoms with van der Waals surface area (Å²) in [6, 6.07) is 7.65. The Hall–Kier alpha value is -1.18. The molecule has 0 heterocycles. The Morgan fingerprint density at radius 1 is 0.714 bits per heavy atom. The van der Waals surface area contributed by atoms with E-state index in [2.05, 4.69) is 6.92 Å². The third kappa shape index (κ3) is 10.2. The Balaban J connectivity index is 1.81. The van der Waals surface area contributed by atoms with E-state index in [1.165, 1.54) is 64.2 Å². The minimum atomic E-state index is 0.789. The van der Waals surface area contributed by atoms with Crippen molar-refractivity contribution in [3.63, 3.8) is 0 Å². The van der Waals surface area contributed by atoms with Crippen molar-refractivity contribution in [2.24, 2.45) is 0 Å². The molecule has 1 aromatic rings. The minimum absolute atomic E-state index is 0.789. The predicted molar refractivity (Wildman–Crippen MR) is 92.8 cm³/mol. The van der Waals surface area contributed by atoms with Crippen molar-refractivity contribution in [1.29, 1.82) is 0 Å². The summed E-state index contributed by atoms with van der Waals surface area (Å²) in [6.45, 7) is 3.10. The first-order chi connectivity index (χ1) is 10.3. The molecule has 0 bridgehead atoms. The van der Waals surface area contributed by atoms with Gasteiger partial charge in [0.05, 0.1) is 6.61 Å². The first-order valence-electron chi connectivity index (χ1n) is 8.81. The highest BCUT2D eigenvalue weighted by atomic mass is 16.5. The van der Waals surface area contributed by atoms with Crippen molar-refractivity contribution < 1.29 is 4.74 Å². The van der Waals surface area contributed by atoms with Gasteiger partial charge in [-0.2, -0.15) is 0 Å². The van der Waals surface area contributed by atoms with Crippen LogP contribution in [0.5, 0.6) is 5.75 Å². The summed E-state index contributed by atoms with van der Waals surface area (Å²) in [4.78, 5) is 0. The van der Waals surface area contributed by atoms with Gasteiger partial charge in [-0.15, -0.1) is 0 Å². The molecule has 0 radical (unpaired) electrons. The monoisotopic (exact) mass is 291 g/mol. The molecule has 21 heavy (non-hydrogen) atoms. The van der Waals surface area contributed by atoms with Crippen LogP contribution in [0.4, 0.5) is 5.69 Å². The molecule has 0 aromatic heterocycles. The van der Waals surface area contributed by atoms with Crippen molar-refractivity contribution in [2.45, 2.75) is 77.6 Å². The van der Waals surface area contributed by atoms with Crippen LogP contribution in [0.3, 0.4) is 0 Å². The summed E-state index contributed by atoms with van der Waals surface area (Å²) in [5.41, 5.74) is 6.43. The summed E-state index contributed by atoms with van der Waals surface area (Å²) in [5, 5.41) is 0. The van der Waals surface area contributed by atoms with E-state index in [9.17, 15) is 0 Å². The van der Waals surface area contributed by atoms with E-state index in [1.807, 2.05) is 24.3 Å². The molecule has 0 spiro atoms. The molecule has 2 nitrogen and oxygen atoms in total. The van der Waals surface area contributed by atoms with Crippen molar-refractivity contribution in [1.82, 2.24) is 0 Å². The fourth-order valence-corrected chi connectivity index (χ4v) is 2.52. The molecule has 120 valence electrons. The highest BCUT2D eigenvalue weighted by Crippen LogP contribution is 2.14. The Morgan fingerprint density at radius 2 is 1.19 bits per heavy atom. The number of ether oxygens (including phenoxy) is 1. The molecular formula is C19H33NO. The van der Waals surface area contributed by atoms with Crippen LogP contribution in [0.25, 0.3) is 0 Å². The second-order valence-electron chi connectivity index (χ2n) is 5.95. The Kier molecular flexibility index (Phi) is 10.7. The van der Waals surface area contributed by atoms with E-state index in [0.717, 1.165) is 24.5 Å². The summed E-state index contributed by atoms with van der Waals surface area (Å²) in [6.07, 6.45) is 15.0. The third-order valence-corrected chi connectivity index (χ3v) is 3.90. The van der Waals surface area contributed by atoms with Gasteiger partial charge >= 0.3 is 0 Å². The van der Waals surface area contributed by atoms with Crippen LogP contribution in [0.1, 0.15) is 77.6 Å². The Labute approximate surface area is 131 Å². The molecule has 0 saturated carbocycles. The van der Waals surface area contributed by atoms with Crippen LogP contribution in [-0.4, -0.2) is 6.61 Å². The van der Waals surface area contributed by atoms with Gasteiger partial charge in [0, 0.05) is 5.69 Å². The molecule has 0 atom stereocenters. The van der Waals surface area contributed by atoms with Gasteiger partial charge in [-0.05, 0) is 30.7 Å². The molecule has 0 saturated heterocycles. The average Bonchev–Trinajstić information content (AvgIpc) is 2.50. The van der Waals surface area contributed by atoms with Crippen molar-refractivity contribution >= 4 is 5.69 Å². The molecule has 0 aliphatic carbocycles. The number of rotatable bonds is 13. The lowest BCUT2D eigenvalue weighted by atomic mass is 10.1. The molecule has 2 N–H and O–H groups in total. The normalized spacial score (nSPS) is 10.7. The van der Waals surface area contributed by atoms with Gasteiger partial charge in [0.15, 0.2) is 0 Å². The van der Waals surface area contributed by atoms with Gasteiger partial charge in [0.25, 0.3) is 0 Å².